The fourth-order valence-corrected chi connectivity index (χ4v) is 1.52. The predicted octanol–water partition coefficient (Wildman–Crippen LogP) is 2.05. The van der Waals surface area contributed by atoms with Gasteiger partial charge < -0.3 is 11.1 Å². The first-order chi connectivity index (χ1) is 7.91. The summed E-state index contributed by atoms with van der Waals surface area (Å²) in [7, 11) is 0. The van der Waals surface area contributed by atoms with Gasteiger partial charge in [-0.2, -0.15) is 5.26 Å². The SMILES string of the molecule is Cc1cc(C#N)cc(NC(C)(CN)C(C)C)n1. The maximum Gasteiger partial charge on any atom is 0.127 e. The molecule has 0 spiro atoms. The van der Waals surface area contributed by atoms with Crippen molar-refractivity contribution < 1.29 is 0 Å². The summed E-state index contributed by atoms with van der Waals surface area (Å²) >= 11 is 0. The van der Waals surface area contributed by atoms with Crippen LogP contribution in [-0.4, -0.2) is 17.1 Å². The van der Waals surface area contributed by atoms with Crippen LogP contribution >= 0.6 is 0 Å². The van der Waals surface area contributed by atoms with Crippen LogP contribution in [0.25, 0.3) is 0 Å². The highest BCUT2D eigenvalue weighted by atomic mass is 15.1. The van der Waals surface area contributed by atoms with Crippen LogP contribution in [0, 0.1) is 24.2 Å². The molecule has 1 unspecified atom stereocenters. The van der Waals surface area contributed by atoms with E-state index in [4.69, 9.17) is 11.0 Å². The molecule has 1 atom stereocenters. The van der Waals surface area contributed by atoms with Gasteiger partial charge in [0.2, 0.25) is 0 Å². The molecule has 1 aromatic heterocycles. The van der Waals surface area contributed by atoms with Gasteiger partial charge in [-0.25, -0.2) is 4.98 Å². The number of hydrogen-bond donors (Lipinski definition) is 2. The van der Waals surface area contributed by atoms with Crippen molar-refractivity contribution in [3.8, 4) is 6.07 Å². The molecule has 0 bridgehead atoms. The first-order valence-corrected chi connectivity index (χ1v) is 5.78. The molecular weight excluding hydrogens is 212 g/mol. The summed E-state index contributed by atoms with van der Waals surface area (Å²) in [5.41, 5.74) is 7.04. The third-order valence-corrected chi connectivity index (χ3v) is 3.19. The van der Waals surface area contributed by atoms with E-state index in [0.717, 1.165) is 5.69 Å². The summed E-state index contributed by atoms with van der Waals surface area (Å²) in [5.74, 6) is 1.09. The summed E-state index contributed by atoms with van der Waals surface area (Å²) in [5, 5.41) is 12.3. The molecule has 0 aromatic carbocycles. The lowest BCUT2D eigenvalue weighted by molar-refractivity contribution is 0.381. The van der Waals surface area contributed by atoms with Gasteiger partial charge >= 0.3 is 0 Å². The van der Waals surface area contributed by atoms with E-state index in [9.17, 15) is 0 Å². The number of aromatic nitrogens is 1. The molecule has 0 saturated heterocycles. The topological polar surface area (TPSA) is 74.7 Å². The zero-order chi connectivity index (χ0) is 13.1. The molecule has 0 radical (unpaired) electrons. The molecule has 1 heterocycles. The Kier molecular flexibility index (Phi) is 4.08. The second-order valence-corrected chi connectivity index (χ2v) is 4.90. The number of nitrogens with one attached hydrogen (secondary N) is 1. The first-order valence-electron chi connectivity index (χ1n) is 5.78. The van der Waals surface area contributed by atoms with Crippen LogP contribution < -0.4 is 11.1 Å². The lowest BCUT2D eigenvalue weighted by atomic mass is 9.88. The van der Waals surface area contributed by atoms with Gasteiger partial charge in [0.25, 0.3) is 0 Å². The number of aryl methyl sites for hydroxylation is 1. The number of hydrogen-bond acceptors (Lipinski definition) is 4. The summed E-state index contributed by atoms with van der Waals surface area (Å²) in [6, 6.07) is 5.65. The van der Waals surface area contributed by atoms with E-state index in [1.54, 1.807) is 12.1 Å². The summed E-state index contributed by atoms with van der Waals surface area (Å²) in [4.78, 5) is 4.38. The molecular formula is C13H20N4. The maximum absolute atomic E-state index is 8.92. The summed E-state index contributed by atoms with van der Waals surface area (Å²) in [6.45, 7) is 8.68. The van der Waals surface area contributed by atoms with Crippen LogP contribution in [0.4, 0.5) is 5.82 Å². The normalized spacial score (nSPS) is 14.2. The van der Waals surface area contributed by atoms with Crippen molar-refractivity contribution in [2.75, 3.05) is 11.9 Å². The van der Waals surface area contributed by atoms with Crippen molar-refractivity contribution in [2.24, 2.45) is 11.7 Å². The minimum absolute atomic E-state index is 0.215. The largest absolute Gasteiger partial charge is 0.363 e. The van der Waals surface area contributed by atoms with Gasteiger partial charge in [0, 0.05) is 12.2 Å². The van der Waals surface area contributed by atoms with Crippen LogP contribution in [0.3, 0.4) is 0 Å². The standard InChI is InChI=1S/C13H20N4/c1-9(2)13(4,8-15)17-12-6-11(7-14)5-10(3)16-12/h5-6,9H,8,15H2,1-4H3,(H,16,17). The highest BCUT2D eigenvalue weighted by Gasteiger charge is 2.26. The highest BCUT2D eigenvalue weighted by molar-refractivity contribution is 5.46. The second-order valence-electron chi connectivity index (χ2n) is 4.90. The molecule has 1 aromatic rings. The molecule has 0 aliphatic carbocycles. The summed E-state index contributed by atoms with van der Waals surface area (Å²) < 4.78 is 0. The highest BCUT2D eigenvalue weighted by Crippen LogP contribution is 2.21. The number of nitrogens with two attached hydrogens (primary N) is 1. The van der Waals surface area contributed by atoms with E-state index in [-0.39, 0.29) is 5.54 Å². The van der Waals surface area contributed by atoms with Crippen LogP contribution in [0.5, 0.6) is 0 Å². The van der Waals surface area contributed by atoms with Crippen molar-refractivity contribution in [2.45, 2.75) is 33.2 Å². The van der Waals surface area contributed by atoms with Gasteiger partial charge in [0.15, 0.2) is 0 Å². The van der Waals surface area contributed by atoms with Crippen molar-refractivity contribution >= 4 is 5.82 Å². The van der Waals surface area contributed by atoms with E-state index >= 15 is 0 Å². The number of nitriles is 1. The van der Waals surface area contributed by atoms with Crippen LogP contribution in [0.15, 0.2) is 12.1 Å². The van der Waals surface area contributed by atoms with Gasteiger partial charge in [-0.1, -0.05) is 13.8 Å². The average Bonchev–Trinajstić information content (AvgIpc) is 2.27. The van der Waals surface area contributed by atoms with Crippen LogP contribution in [-0.2, 0) is 0 Å². The number of pyridine rings is 1. The smallest absolute Gasteiger partial charge is 0.127 e. The molecule has 4 heteroatoms. The van der Waals surface area contributed by atoms with E-state index in [0.29, 0.717) is 23.8 Å². The van der Waals surface area contributed by atoms with Gasteiger partial charge in [-0.05, 0) is 31.9 Å². The van der Waals surface area contributed by atoms with Crippen molar-refractivity contribution in [3.05, 3.63) is 23.4 Å². The first kappa shape index (κ1) is 13.5. The molecule has 3 N–H and O–H groups in total. The van der Waals surface area contributed by atoms with E-state index in [1.165, 1.54) is 0 Å². The molecule has 92 valence electrons. The molecule has 17 heavy (non-hydrogen) atoms. The molecule has 0 aliphatic heterocycles. The van der Waals surface area contributed by atoms with E-state index in [2.05, 4.69) is 37.1 Å². The second kappa shape index (κ2) is 5.15. The molecule has 0 saturated carbocycles. The molecule has 4 nitrogen and oxygen atoms in total. The Hall–Kier alpha value is -1.60. The van der Waals surface area contributed by atoms with Crippen molar-refractivity contribution in [1.29, 1.82) is 5.26 Å². The van der Waals surface area contributed by atoms with Crippen LogP contribution in [0.1, 0.15) is 32.0 Å². The molecule has 0 fully saturated rings. The Morgan fingerprint density at radius 3 is 2.65 bits per heavy atom. The van der Waals surface area contributed by atoms with E-state index < -0.39 is 0 Å². The fraction of sp³-hybridized carbons (Fsp3) is 0.538. The summed E-state index contributed by atoms with van der Waals surface area (Å²) in [6.07, 6.45) is 0. The fourth-order valence-electron chi connectivity index (χ4n) is 1.52. The van der Waals surface area contributed by atoms with Gasteiger partial charge in [-0.15, -0.1) is 0 Å². The average molecular weight is 232 g/mol. The van der Waals surface area contributed by atoms with Gasteiger partial charge in [-0.3, -0.25) is 0 Å². The Bertz CT molecular complexity index is 434. The molecule has 0 amide bonds. The third kappa shape index (κ3) is 3.18. The molecule has 1 rings (SSSR count). The molecule has 0 aliphatic rings. The Labute approximate surface area is 103 Å². The third-order valence-electron chi connectivity index (χ3n) is 3.19. The van der Waals surface area contributed by atoms with Gasteiger partial charge in [0.05, 0.1) is 17.2 Å². The van der Waals surface area contributed by atoms with Crippen molar-refractivity contribution in [3.63, 3.8) is 0 Å². The van der Waals surface area contributed by atoms with Crippen LogP contribution in [0.2, 0.25) is 0 Å². The number of anilines is 1. The van der Waals surface area contributed by atoms with Crippen molar-refractivity contribution in [1.82, 2.24) is 4.98 Å². The number of nitrogens with zero attached hydrogens (tertiary/aromatic N) is 2. The predicted molar refractivity (Wildman–Crippen MR) is 69.6 cm³/mol. The quantitative estimate of drug-likeness (QED) is 0.833. The minimum atomic E-state index is -0.215. The Balaban J connectivity index is 3.02. The lowest BCUT2D eigenvalue weighted by Crippen LogP contribution is -2.47. The Morgan fingerprint density at radius 2 is 2.18 bits per heavy atom. The lowest BCUT2D eigenvalue weighted by Gasteiger charge is -2.34. The zero-order valence-electron chi connectivity index (χ0n) is 10.9. The number of rotatable bonds is 4. The minimum Gasteiger partial charge on any atom is -0.363 e. The monoisotopic (exact) mass is 232 g/mol. The Morgan fingerprint density at radius 1 is 1.53 bits per heavy atom. The maximum atomic E-state index is 8.92. The van der Waals surface area contributed by atoms with Gasteiger partial charge in [0.1, 0.15) is 5.82 Å². The van der Waals surface area contributed by atoms with E-state index in [1.807, 2.05) is 6.92 Å². The zero-order valence-corrected chi connectivity index (χ0v) is 10.9.